The van der Waals surface area contributed by atoms with Crippen LogP contribution < -0.4 is 0 Å². The summed E-state index contributed by atoms with van der Waals surface area (Å²) in [6, 6.07) is 7.45. The van der Waals surface area contributed by atoms with Crippen LogP contribution in [0.4, 0.5) is 0 Å². The summed E-state index contributed by atoms with van der Waals surface area (Å²) in [4.78, 5) is 20.7. The van der Waals surface area contributed by atoms with Gasteiger partial charge in [-0.15, -0.1) is 4.91 Å². The molecule has 80 valence electrons. The van der Waals surface area contributed by atoms with Gasteiger partial charge in [0.25, 0.3) is 5.91 Å². The zero-order chi connectivity index (χ0) is 11.3. The topological polar surface area (TPSA) is 46.5 Å². The van der Waals surface area contributed by atoms with Crippen molar-refractivity contribution in [3.63, 3.8) is 0 Å². The second kappa shape index (κ2) is 5.61. The van der Waals surface area contributed by atoms with Gasteiger partial charge in [-0.05, 0) is 30.0 Å². The van der Waals surface area contributed by atoms with E-state index in [1.807, 2.05) is 31.2 Å². The number of carbonyl (C=O) groups is 1. The number of nitrogens with zero attached hydrogens (tertiary/aromatic N) is 1. The lowest BCUT2D eigenvalue weighted by Crippen LogP contribution is -2.05. The molecule has 0 bridgehead atoms. The number of nitroso groups, excluding NO2 is 1. The Morgan fingerprint density at radius 2 is 2.00 bits per heavy atom. The molecule has 1 aromatic carbocycles. The second-order valence-corrected chi connectivity index (χ2v) is 4.06. The van der Waals surface area contributed by atoms with Crippen LogP contribution in [0.5, 0.6) is 0 Å². The van der Waals surface area contributed by atoms with Gasteiger partial charge < -0.3 is 0 Å². The van der Waals surface area contributed by atoms with E-state index in [1.165, 1.54) is 0 Å². The average Bonchev–Trinajstić information content (AvgIpc) is 2.21. The molecule has 0 saturated carbocycles. The van der Waals surface area contributed by atoms with E-state index in [-0.39, 0.29) is 12.3 Å². The summed E-state index contributed by atoms with van der Waals surface area (Å²) < 4.78 is 0. The number of rotatable bonds is 4. The molecule has 15 heavy (non-hydrogen) atoms. The third kappa shape index (κ3) is 4.21. The van der Waals surface area contributed by atoms with Crippen molar-refractivity contribution in [2.75, 3.05) is 0 Å². The van der Waals surface area contributed by atoms with Crippen molar-refractivity contribution in [2.45, 2.75) is 19.8 Å². The van der Waals surface area contributed by atoms with Crippen LogP contribution in [-0.4, -0.2) is 5.91 Å². The lowest BCUT2D eigenvalue weighted by Gasteiger charge is -2.07. The summed E-state index contributed by atoms with van der Waals surface area (Å²) >= 11 is 5.74. The zero-order valence-electron chi connectivity index (χ0n) is 8.44. The van der Waals surface area contributed by atoms with E-state index in [1.54, 1.807) is 0 Å². The van der Waals surface area contributed by atoms with Crippen molar-refractivity contribution in [1.29, 1.82) is 0 Å². The molecule has 4 heteroatoms. The minimum absolute atomic E-state index is 0.122. The van der Waals surface area contributed by atoms with Gasteiger partial charge in [-0.25, -0.2) is 0 Å². The van der Waals surface area contributed by atoms with Crippen LogP contribution in [0.2, 0.25) is 5.02 Å². The molecule has 0 N–H and O–H groups in total. The number of halogens is 1. The van der Waals surface area contributed by atoms with E-state index in [0.29, 0.717) is 5.02 Å². The monoisotopic (exact) mass is 225 g/mol. The van der Waals surface area contributed by atoms with Crippen molar-refractivity contribution in [3.05, 3.63) is 39.8 Å². The first kappa shape index (κ1) is 11.9. The standard InChI is InChI=1S/C11H12ClNO2/c1-8(7-11(14)13-15)6-9-2-4-10(12)5-3-9/h2-5,8H,6-7H2,1H3. The van der Waals surface area contributed by atoms with Crippen LogP contribution in [0, 0.1) is 10.8 Å². The van der Waals surface area contributed by atoms with Gasteiger partial charge >= 0.3 is 0 Å². The summed E-state index contributed by atoms with van der Waals surface area (Å²) in [6.45, 7) is 1.91. The molecule has 0 saturated heterocycles. The Hall–Kier alpha value is -1.22. The fourth-order valence-corrected chi connectivity index (χ4v) is 1.56. The molecule has 1 unspecified atom stereocenters. The Labute approximate surface area is 93.4 Å². The van der Waals surface area contributed by atoms with Gasteiger partial charge in [0.1, 0.15) is 0 Å². The van der Waals surface area contributed by atoms with Gasteiger partial charge in [-0.2, -0.15) is 0 Å². The van der Waals surface area contributed by atoms with Crippen molar-refractivity contribution in [1.82, 2.24) is 0 Å². The van der Waals surface area contributed by atoms with Gasteiger partial charge in [0.05, 0.1) is 0 Å². The molecule has 0 heterocycles. The Bertz CT molecular complexity index is 348. The number of benzene rings is 1. The molecule has 0 aliphatic carbocycles. The highest BCUT2D eigenvalue weighted by Gasteiger charge is 2.09. The molecule has 0 aliphatic heterocycles. The van der Waals surface area contributed by atoms with Gasteiger partial charge in [-0.1, -0.05) is 30.7 Å². The molecule has 0 aromatic heterocycles. The van der Waals surface area contributed by atoms with Gasteiger partial charge in [0.15, 0.2) is 0 Å². The lowest BCUT2D eigenvalue weighted by atomic mass is 9.98. The van der Waals surface area contributed by atoms with Crippen molar-refractivity contribution in [2.24, 2.45) is 11.1 Å². The molecule has 0 aliphatic rings. The van der Waals surface area contributed by atoms with E-state index in [4.69, 9.17) is 11.6 Å². The zero-order valence-corrected chi connectivity index (χ0v) is 9.20. The van der Waals surface area contributed by atoms with E-state index < -0.39 is 5.91 Å². The first-order chi connectivity index (χ1) is 7.11. The Kier molecular flexibility index (Phi) is 4.43. The Balaban J connectivity index is 2.51. The first-order valence-corrected chi connectivity index (χ1v) is 5.10. The molecule has 0 fully saturated rings. The third-order valence-electron chi connectivity index (χ3n) is 2.12. The van der Waals surface area contributed by atoms with Crippen molar-refractivity contribution in [3.8, 4) is 0 Å². The summed E-state index contributed by atoms with van der Waals surface area (Å²) in [7, 11) is 0. The van der Waals surface area contributed by atoms with E-state index in [2.05, 4.69) is 5.18 Å². The molecule has 3 nitrogen and oxygen atoms in total. The summed E-state index contributed by atoms with van der Waals surface area (Å²) in [5.41, 5.74) is 1.10. The minimum Gasteiger partial charge on any atom is -0.269 e. The SMILES string of the molecule is CC(CC(=O)N=O)Cc1ccc(Cl)cc1. The second-order valence-electron chi connectivity index (χ2n) is 3.62. The number of hydrogen-bond donors (Lipinski definition) is 0. The molecule has 1 rings (SSSR count). The highest BCUT2D eigenvalue weighted by Crippen LogP contribution is 2.15. The molecule has 0 spiro atoms. The quantitative estimate of drug-likeness (QED) is 0.739. The van der Waals surface area contributed by atoms with Crippen LogP contribution in [0.3, 0.4) is 0 Å². The molecular weight excluding hydrogens is 214 g/mol. The first-order valence-electron chi connectivity index (χ1n) is 4.72. The average molecular weight is 226 g/mol. The molecule has 1 atom stereocenters. The normalized spacial score (nSPS) is 12.1. The van der Waals surface area contributed by atoms with Crippen LogP contribution in [0.15, 0.2) is 29.4 Å². The Morgan fingerprint density at radius 3 is 2.53 bits per heavy atom. The van der Waals surface area contributed by atoms with Crippen molar-refractivity contribution >= 4 is 17.5 Å². The predicted octanol–water partition coefficient (Wildman–Crippen LogP) is 3.20. The summed E-state index contributed by atoms with van der Waals surface area (Å²) in [5.74, 6) is -0.465. The predicted molar refractivity (Wildman–Crippen MR) is 59.7 cm³/mol. The third-order valence-corrected chi connectivity index (χ3v) is 2.37. The van der Waals surface area contributed by atoms with Gasteiger partial charge in [0, 0.05) is 16.6 Å². The largest absolute Gasteiger partial charge is 0.286 e. The number of hydrogen-bond acceptors (Lipinski definition) is 2. The molecule has 1 amide bonds. The highest BCUT2D eigenvalue weighted by atomic mass is 35.5. The van der Waals surface area contributed by atoms with Crippen LogP contribution in [0.25, 0.3) is 0 Å². The Morgan fingerprint density at radius 1 is 1.40 bits per heavy atom. The minimum atomic E-state index is -0.587. The molecular formula is C11H12ClNO2. The fraction of sp³-hybridized carbons (Fsp3) is 0.364. The molecule has 1 aromatic rings. The number of amides is 1. The van der Waals surface area contributed by atoms with E-state index in [9.17, 15) is 9.70 Å². The van der Waals surface area contributed by atoms with E-state index in [0.717, 1.165) is 12.0 Å². The molecule has 0 radical (unpaired) electrons. The maximum Gasteiger partial charge on any atom is 0.286 e. The maximum absolute atomic E-state index is 10.8. The number of carbonyl (C=O) groups excluding carboxylic acids is 1. The van der Waals surface area contributed by atoms with E-state index >= 15 is 0 Å². The van der Waals surface area contributed by atoms with Crippen LogP contribution >= 0.6 is 11.6 Å². The van der Waals surface area contributed by atoms with Crippen molar-refractivity contribution < 1.29 is 4.79 Å². The summed E-state index contributed by atoms with van der Waals surface area (Å²) in [6.07, 6.45) is 0.949. The van der Waals surface area contributed by atoms with Gasteiger partial charge in [-0.3, -0.25) is 4.79 Å². The van der Waals surface area contributed by atoms with Crippen LogP contribution in [-0.2, 0) is 11.2 Å². The highest BCUT2D eigenvalue weighted by molar-refractivity contribution is 6.30. The fourth-order valence-electron chi connectivity index (χ4n) is 1.43. The van der Waals surface area contributed by atoms with Gasteiger partial charge in [0.2, 0.25) is 0 Å². The lowest BCUT2D eigenvalue weighted by molar-refractivity contribution is -0.118. The summed E-state index contributed by atoms with van der Waals surface area (Å²) in [5, 5.41) is 3.07. The maximum atomic E-state index is 10.8. The smallest absolute Gasteiger partial charge is 0.269 e. The van der Waals surface area contributed by atoms with Crippen LogP contribution in [0.1, 0.15) is 18.9 Å².